The summed E-state index contributed by atoms with van der Waals surface area (Å²) in [6.45, 7) is 2.03. The highest BCUT2D eigenvalue weighted by Gasteiger charge is 2.32. The van der Waals surface area contributed by atoms with Gasteiger partial charge in [-0.15, -0.1) is 0 Å². The van der Waals surface area contributed by atoms with Crippen molar-refractivity contribution in [2.45, 2.75) is 63.8 Å². The van der Waals surface area contributed by atoms with E-state index < -0.39 is 9.84 Å². The summed E-state index contributed by atoms with van der Waals surface area (Å²) in [6.07, 6.45) is 8.14. The lowest BCUT2D eigenvalue weighted by Gasteiger charge is -2.12. The minimum atomic E-state index is -2.91. The van der Waals surface area contributed by atoms with Crippen LogP contribution >= 0.6 is 0 Å². The molecule has 1 aromatic rings. The second kappa shape index (κ2) is 5.63. The van der Waals surface area contributed by atoms with Crippen molar-refractivity contribution in [1.29, 1.82) is 0 Å². The number of hydrogen-bond acceptors (Lipinski definition) is 4. The summed E-state index contributed by atoms with van der Waals surface area (Å²) in [5.41, 5.74) is 8.39. The van der Waals surface area contributed by atoms with Gasteiger partial charge in [0.15, 0.2) is 9.84 Å². The highest BCUT2D eigenvalue weighted by atomic mass is 32.2. The lowest BCUT2D eigenvalue weighted by atomic mass is 9.94. The molecule has 6 heteroatoms. The van der Waals surface area contributed by atoms with Gasteiger partial charge in [-0.25, -0.2) is 13.1 Å². The number of rotatable bonds is 2. The molecule has 0 radical (unpaired) electrons. The number of nitrogens with two attached hydrogens (primary N) is 1. The first-order chi connectivity index (χ1) is 9.98. The van der Waals surface area contributed by atoms with Crippen molar-refractivity contribution in [1.82, 2.24) is 9.78 Å². The first-order valence-corrected chi connectivity index (χ1v) is 9.85. The van der Waals surface area contributed by atoms with Crippen LogP contribution in [-0.4, -0.2) is 29.7 Å². The van der Waals surface area contributed by atoms with Gasteiger partial charge in [0.2, 0.25) is 0 Å². The Hall–Kier alpha value is -1.04. The second-order valence-corrected chi connectivity index (χ2v) is 8.81. The maximum Gasteiger partial charge on any atom is 0.152 e. The van der Waals surface area contributed by atoms with Crippen molar-refractivity contribution in [2.24, 2.45) is 0 Å². The van der Waals surface area contributed by atoms with Crippen molar-refractivity contribution < 1.29 is 8.42 Å². The number of anilines is 1. The van der Waals surface area contributed by atoms with E-state index in [-0.39, 0.29) is 17.5 Å². The summed E-state index contributed by atoms with van der Waals surface area (Å²) < 4.78 is 25.2. The van der Waals surface area contributed by atoms with Gasteiger partial charge in [-0.1, -0.05) is 25.7 Å². The summed E-state index contributed by atoms with van der Waals surface area (Å²) in [5.74, 6) is 1.60. The average molecular weight is 311 g/mol. The van der Waals surface area contributed by atoms with E-state index in [2.05, 4.69) is 0 Å². The van der Waals surface area contributed by atoms with Gasteiger partial charge in [0.05, 0.1) is 23.2 Å². The third kappa shape index (κ3) is 2.96. The van der Waals surface area contributed by atoms with Crippen LogP contribution in [0, 0.1) is 6.92 Å². The van der Waals surface area contributed by atoms with Crippen molar-refractivity contribution in [3.8, 4) is 0 Å². The number of aromatic nitrogens is 2. The van der Waals surface area contributed by atoms with Gasteiger partial charge in [0, 0.05) is 11.5 Å². The molecule has 1 atom stereocenters. The molecule has 1 unspecified atom stereocenters. The van der Waals surface area contributed by atoms with E-state index in [0.717, 1.165) is 11.3 Å². The molecule has 1 aromatic heterocycles. The first kappa shape index (κ1) is 14.9. The van der Waals surface area contributed by atoms with Gasteiger partial charge in [-0.2, -0.15) is 5.10 Å². The molecule has 1 saturated heterocycles. The molecular formula is C15H25N3O2S. The van der Waals surface area contributed by atoms with E-state index in [1.54, 1.807) is 4.68 Å². The molecule has 118 valence electrons. The van der Waals surface area contributed by atoms with Crippen LogP contribution in [-0.2, 0) is 9.84 Å². The monoisotopic (exact) mass is 311 g/mol. The SMILES string of the molecule is Cc1c(C2CCCCCC2)nn(C2CCS(=O)(=O)C2)c1N. The van der Waals surface area contributed by atoms with Gasteiger partial charge < -0.3 is 5.73 Å². The van der Waals surface area contributed by atoms with Crippen molar-refractivity contribution >= 4 is 15.7 Å². The lowest BCUT2D eigenvalue weighted by molar-refractivity contribution is 0.486. The zero-order chi connectivity index (χ0) is 15.0. The topological polar surface area (TPSA) is 78.0 Å². The largest absolute Gasteiger partial charge is 0.384 e. The van der Waals surface area contributed by atoms with E-state index in [9.17, 15) is 8.42 Å². The van der Waals surface area contributed by atoms with Gasteiger partial charge in [-0.3, -0.25) is 0 Å². The third-order valence-corrected chi connectivity index (χ3v) is 6.78. The van der Waals surface area contributed by atoms with E-state index in [1.165, 1.54) is 38.5 Å². The Kier molecular flexibility index (Phi) is 3.99. The van der Waals surface area contributed by atoms with Crippen LogP contribution in [0.1, 0.15) is 68.2 Å². The summed E-state index contributed by atoms with van der Waals surface area (Å²) in [6, 6.07) is -0.0757. The summed E-state index contributed by atoms with van der Waals surface area (Å²) >= 11 is 0. The quantitative estimate of drug-likeness (QED) is 0.851. The Morgan fingerprint density at radius 2 is 1.81 bits per heavy atom. The number of sulfone groups is 1. The normalized spacial score (nSPS) is 26.8. The van der Waals surface area contributed by atoms with Crippen LogP contribution in [0.2, 0.25) is 0 Å². The molecule has 21 heavy (non-hydrogen) atoms. The van der Waals surface area contributed by atoms with Crippen molar-refractivity contribution in [3.05, 3.63) is 11.3 Å². The number of hydrogen-bond donors (Lipinski definition) is 1. The number of nitrogen functional groups attached to an aromatic ring is 1. The van der Waals surface area contributed by atoms with Crippen LogP contribution < -0.4 is 5.73 Å². The summed E-state index contributed by atoms with van der Waals surface area (Å²) in [5, 5.41) is 4.75. The molecule has 0 bridgehead atoms. The van der Waals surface area contributed by atoms with Gasteiger partial charge in [0.25, 0.3) is 0 Å². The predicted octanol–water partition coefficient (Wildman–Crippen LogP) is 2.57. The van der Waals surface area contributed by atoms with Gasteiger partial charge in [-0.05, 0) is 26.2 Å². The molecule has 2 N–H and O–H groups in total. The standard InChI is InChI=1S/C15H25N3O2S/c1-11-14(12-6-4-2-3-5-7-12)17-18(15(11)16)13-8-9-21(19,20)10-13/h12-13H,2-10,16H2,1H3. The highest BCUT2D eigenvalue weighted by molar-refractivity contribution is 7.91. The Morgan fingerprint density at radius 1 is 1.14 bits per heavy atom. The van der Waals surface area contributed by atoms with E-state index in [0.29, 0.717) is 18.2 Å². The van der Waals surface area contributed by atoms with E-state index in [1.807, 2.05) is 6.92 Å². The van der Waals surface area contributed by atoms with E-state index >= 15 is 0 Å². The van der Waals surface area contributed by atoms with Crippen LogP contribution in [0.5, 0.6) is 0 Å². The zero-order valence-electron chi connectivity index (χ0n) is 12.7. The van der Waals surface area contributed by atoms with Crippen LogP contribution in [0.3, 0.4) is 0 Å². The molecule has 0 amide bonds. The van der Waals surface area contributed by atoms with Crippen LogP contribution in [0.4, 0.5) is 5.82 Å². The predicted molar refractivity (Wildman–Crippen MR) is 84.1 cm³/mol. The number of nitrogens with zero attached hydrogens (tertiary/aromatic N) is 2. The molecule has 5 nitrogen and oxygen atoms in total. The zero-order valence-corrected chi connectivity index (χ0v) is 13.5. The summed E-state index contributed by atoms with van der Waals surface area (Å²) in [4.78, 5) is 0. The molecule has 0 aromatic carbocycles. The van der Waals surface area contributed by atoms with Crippen LogP contribution in [0.15, 0.2) is 0 Å². The fourth-order valence-corrected chi connectivity index (χ4v) is 5.43. The molecule has 0 spiro atoms. The molecule has 2 heterocycles. The smallest absolute Gasteiger partial charge is 0.152 e. The molecule has 3 rings (SSSR count). The Labute approximate surface area is 126 Å². The van der Waals surface area contributed by atoms with Crippen LogP contribution in [0.25, 0.3) is 0 Å². The van der Waals surface area contributed by atoms with Gasteiger partial charge in [0.1, 0.15) is 5.82 Å². The fourth-order valence-electron chi connectivity index (χ4n) is 3.74. The molecular weight excluding hydrogens is 286 g/mol. The van der Waals surface area contributed by atoms with E-state index in [4.69, 9.17) is 10.8 Å². The second-order valence-electron chi connectivity index (χ2n) is 6.59. The maximum atomic E-state index is 11.7. The molecule has 1 saturated carbocycles. The minimum Gasteiger partial charge on any atom is -0.384 e. The van der Waals surface area contributed by atoms with Crippen molar-refractivity contribution in [2.75, 3.05) is 17.2 Å². The van der Waals surface area contributed by atoms with Gasteiger partial charge >= 0.3 is 0 Å². The Balaban J connectivity index is 1.88. The molecule has 1 aliphatic carbocycles. The fraction of sp³-hybridized carbons (Fsp3) is 0.800. The Morgan fingerprint density at radius 3 is 2.38 bits per heavy atom. The summed E-state index contributed by atoms with van der Waals surface area (Å²) in [7, 11) is -2.91. The minimum absolute atomic E-state index is 0.0757. The Bertz CT molecular complexity index is 613. The maximum absolute atomic E-state index is 11.7. The highest BCUT2D eigenvalue weighted by Crippen LogP contribution is 2.36. The molecule has 2 aliphatic rings. The average Bonchev–Trinajstić information content (AvgIpc) is 2.81. The molecule has 2 fully saturated rings. The van der Waals surface area contributed by atoms with Crippen molar-refractivity contribution in [3.63, 3.8) is 0 Å². The lowest BCUT2D eigenvalue weighted by Crippen LogP contribution is -2.15. The first-order valence-electron chi connectivity index (χ1n) is 8.03. The third-order valence-electron chi connectivity index (χ3n) is 5.03. The molecule has 1 aliphatic heterocycles.